The molecule has 1 heterocycles. The first-order chi connectivity index (χ1) is 4.84. The Bertz CT molecular complexity index is 133. The fourth-order valence-electron chi connectivity index (χ4n) is 1.16. The molecule has 0 aromatic heterocycles. The Balaban J connectivity index is 2.33. The summed E-state index contributed by atoms with van der Waals surface area (Å²) in [7, 11) is 0. The van der Waals surface area contributed by atoms with E-state index in [2.05, 4.69) is 5.92 Å². The summed E-state index contributed by atoms with van der Waals surface area (Å²) in [5, 5.41) is 0. The number of nitrogens with two attached hydrogens (primary N) is 1. The molecule has 2 nitrogen and oxygen atoms in total. The fraction of sp³-hybridized carbons (Fsp3) is 0.750. The highest BCUT2D eigenvalue weighted by atomic mass is 16.5. The van der Waals surface area contributed by atoms with E-state index in [0.29, 0.717) is 0 Å². The lowest BCUT2D eigenvalue weighted by Crippen LogP contribution is -2.37. The standard InChI is InChI=1S/C8H13NO/c1-2-7(9)8-5-3-4-6-10-8/h1,7-8H,3-6,9H2/t7-,8+/m0/s1. The van der Waals surface area contributed by atoms with Crippen molar-refractivity contribution in [1.82, 2.24) is 0 Å². The third kappa shape index (κ3) is 1.73. The van der Waals surface area contributed by atoms with Gasteiger partial charge in [-0.1, -0.05) is 5.92 Å². The molecule has 56 valence electrons. The molecule has 10 heavy (non-hydrogen) atoms. The van der Waals surface area contributed by atoms with Gasteiger partial charge < -0.3 is 10.5 Å². The normalized spacial score (nSPS) is 29.0. The lowest BCUT2D eigenvalue weighted by molar-refractivity contribution is 0.0108. The van der Waals surface area contributed by atoms with Gasteiger partial charge in [0, 0.05) is 6.61 Å². The number of terminal acetylenes is 1. The van der Waals surface area contributed by atoms with E-state index in [4.69, 9.17) is 16.9 Å². The van der Waals surface area contributed by atoms with Gasteiger partial charge in [-0.3, -0.25) is 0 Å². The molecule has 0 radical (unpaired) electrons. The van der Waals surface area contributed by atoms with E-state index < -0.39 is 0 Å². The number of hydrogen-bond donors (Lipinski definition) is 1. The van der Waals surface area contributed by atoms with Crippen LogP contribution in [0.4, 0.5) is 0 Å². The third-order valence-corrected chi connectivity index (χ3v) is 1.81. The van der Waals surface area contributed by atoms with E-state index in [0.717, 1.165) is 19.4 Å². The molecule has 2 heteroatoms. The summed E-state index contributed by atoms with van der Waals surface area (Å²) in [4.78, 5) is 0. The molecule has 0 aromatic carbocycles. The van der Waals surface area contributed by atoms with Gasteiger partial charge in [0.15, 0.2) is 0 Å². The summed E-state index contributed by atoms with van der Waals surface area (Å²) >= 11 is 0. The van der Waals surface area contributed by atoms with Gasteiger partial charge in [0.2, 0.25) is 0 Å². The third-order valence-electron chi connectivity index (χ3n) is 1.81. The molecule has 1 saturated heterocycles. The molecular weight excluding hydrogens is 126 g/mol. The summed E-state index contributed by atoms with van der Waals surface area (Å²) in [6, 6.07) is -0.208. The van der Waals surface area contributed by atoms with E-state index in [-0.39, 0.29) is 12.1 Å². The van der Waals surface area contributed by atoms with Crippen LogP contribution >= 0.6 is 0 Å². The van der Waals surface area contributed by atoms with Crippen LogP contribution in [0.25, 0.3) is 0 Å². The van der Waals surface area contributed by atoms with E-state index in [1.54, 1.807) is 0 Å². The Hall–Kier alpha value is -0.520. The Morgan fingerprint density at radius 1 is 1.60 bits per heavy atom. The van der Waals surface area contributed by atoms with Crippen molar-refractivity contribution in [2.75, 3.05) is 6.61 Å². The molecule has 1 aliphatic heterocycles. The van der Waals surface area contributed by atoms with Gasteiger partial charge in [-0.05, 0) is 19.3 Å². The van der Waals surface area contributed by atoms with Crippen LogP contribution in [0.15, 0.2) is 0 Å². The predicted octanol–water partition coefficient (Wildman–Crippen LogP) is 0.516. The number of hydrogen-bond acceptors (Lipinski definition) is 2. The minimum Gasteiger partial charge on any atom is -0.376 e. The molecule has 2 atom stereocenters. The van der Waals surface area contributed by atoms with Crippen molar-refractivity contribution in [3.05, 3.63) is 0 Å². The molecule has 1 fully saturated rings. The van der Waals surface area contributed by atoms with Crippen LogP contribution in [0.2, 0.25) is 0 Å². The number of rotatable bonds is 1. The molecule has 0 aliphatic carbocycles. The minimum atomic E-state index is -0.208. The van der Waals surface area contributed by atoms with E-state index in [1.165, 1.54) is 6.42 Å². The minimum absolute atomic E-state index is 0.110. The average Bonchev–Trinajstić information content (AvgIpc) is 2.05. The zero-order chi connectivity index (χ0) is 7.40. The molecule has 0 aromatic rings. The first-order valence-electron chi connectivity index (χ1n) is 3.68. The van der Waals surface area contributed by atoms with Crippen LogP contribution in [0, 0.1) is 12.3 Å². The van der Waals surface area contributed by atoms with E-state index in [9.17, 15) is 0 Å². The molecule has 0 bridgehead atoms. The van der Waals surface area contributed by atoms with Gasteiger partial charge in [0.1, 0.15) is 0 Å². The molecule has 0 amide bonds. The Labute approximate surface area is 61.7 Å². The second kappa shape index (κ2) is 3.60. The smallest absolute Gasteiger partial charge is 0.0927 e. The maximum atomic E-state index is 5.59. The first kappa shape index (κ1) is 7.59. The summed E-state index contributed by atoms with van der Waals surface area (Å²) in [6.07, 6.45) is 8.62. The molecule has 1 aliphatic rings. The average molecular weight is 139 g/mol. The Kier molecular flexibility index (Phi) is 2.73. The number of ether oxygens (including phenoxy) is 1. The van der Waals surface area contributed by atoms with Gasteiger partial charge in [-0.15, -0.1) is 6.42 Å². The van der Waals surface area contributed by atoms with Gasteiger partial charge >= 0.3 is 0 Å². The van der Waals surface area contributed by atoms with Crippen molar-refractivity contribution in [2.24, 2.45) is 5.73 Å². The van der Waals surface area contributed by atoms with Crippen molar-refractivity contribution in [2.45, 2.75) is 31.4 Å². The van der Waals surface area contributed by atoms with Crippen molar-refractivity contribution in [1.29, 1.82) is 0 Å². The summed E-state index contributed by atoms with van der Waals surface area (Å²) in [6.45, 7) is 0.819. The largest absolute Gasteiger partial charge is 0.376 e. The van der Waals surface area contributed by atoms with Crippen LogP contribution in [-0.4, -0.2) is 18.8 Å². The van der Waals surface area contributed by atoms with Crippen LogP contribution in [0.1, 0.15) is 19.3 Å². The highest BCUT2D eigenvalue weighted by Crippen LogP contribution is 2.14. The second-order valence-electron chi connectivity index (χ2n) is 2.60. The van der Waals surface area contributed by atoms with Crippen LogP contribution < -0.4 is 5.73 Å². The first-order valence-corrected chi connectivity index (χ1v) is 3.68. The predicted molar refractivity (Wildman–Crippen MR) is 40.4 cm³/mol. The Morgan fingerprint density at radius 3 is 2.90 bits per heavy atom. The topological polar surface area (TPSA) is 35.2 Å². The van der Waals surface area contributed by atoms with Crippen molar-refractivity contribution >= 4 is 0 Å². The monoisotopic (exact) mass is 139 g/mol. The molecule has 0 unspecified atom stereocenters. The zero-order valence-corrected chi connectivity index (χ0v) is 6.05. The van der Waals surface area contributed by atoms with Gasteiger partial charge in [-0.2, -0.15) is 0 Å². The molecule has 0 spiro atoms. The van der Waals surface area contributed by atoms with Crippen molar-refractivity contribution in [3.8, 4) is 12.3 Å². The summed E-state index contributed by atoms with van der Waals surface area (Å²) in [5.41, 5.74) is 5.59. The van der Waals surface area contributed by atoms with Gasteiger partial charge in [0.25, 0.3) is 0 Å². The highest BCUT2D eigenvalue weighted by Gasteiger charge is 2.18. The quantitative estimate of drug-likeness (QED) is 0.537. The summed E-state index contributed by atoms with van der Waals surface area (Å²) < 4.78 is 5.36. The maximum Gasteiger partial charge on any atom is 0.0927 e. The fourth-order valence-corrected chi connectivity index (χ4v) is 1.16. The highest BCUT2D eigenvalue weighted by molar-refractivity contribution is 5.01. The van der Waals surface area contributed by atoms with E-state index in [1.807, 2.05) is 0 Å². The lowest BCUT2D eigenvalue weighted by Gasteiger charge is -2.24. The van der Waals surface area contributed by atoms with Gasteiger partial charge in [-0.25, -0.2) is 0 Å². The van der Waals surface area contributed by atoms with Crippen molar-refractivity contribution < 1.29 is 4.74 Å². The zero-order valence-electron chi connectivity index (χ0n) is 6.05. The molecular formula is C8H13NO. The SMILES string of the molecule is C#C[C@H](N)[C@H]1CCCCO1. The molecule has 0 saturated carbocycles. The molecule has 2 N–H and O–H groups in total. The molecule has 1 rings (SSSR count). The van der Waals surface area contributed by atoms with Crippen LogP contribution in [0.3, 0.4) is 0 Å². The van der Waals surface area contributed by atoms with Crippen LogP contribution in [-0.2, 0) is 4.74 Å². The second-order valence-corrected chi connectivity index (χ2v) is 2.60. The summed E-state index contributed by atoms with van der Waals surface area (Å²) in [5.74, 6) is 2.49. The van der Waals surface area contributed by atoms with Gasteiger partial charge in [0.05, 0.1) is 12.1 Å². The van der Waals surface area contributed by atoms with Crippen LogP contribution in [0.5, 0.6) is 0 Å². The van der Waals surface area contributed by atoms with Crippen molar-refractivity contribution in [3.63, 3.8) is 0 Å². The maximum absolute atomic E-state index is 5.59. The lowest BCUT2D eigenvalue weighted by atomic mass is 10.0. The Morgan fingerprint density at radius 2 is 2.40 bits per heavy atom. The van der Waals surface area contributed by atoms with E-state index >= 15 is 0 Å².